The van der Waals surface area contributed by atoms with Crippen molar-refractivity contribution >= 4 is 22.7 Å². The Balaban J connectivity index is 1.85. The molecule has 2 heterocycles. The summed E-state index contributed by atoms with van der Waals surface area (Å²) in [5, 5.41) is 13.5. The van der Waals surface area contributed by atoms with Crippen LogP contribution in [0.2, 0.25) is 0 Å². The van der Waals surface area contributed by atoms with Crippen LogP contribution in [0.25, 0.3) is 10.9 Å². The highest BCUT2D eigenvalue weighted by Gasteiger charge is 2.25. The first-order valence-electron chi connectivity index (χ1n) is 6.73. The number of aryl methyl sites for hydroxylation is 1. The van der Waals surface area contributed by atoms with Gasteiger partial charge >= 0.3 is 6.09 Å². The molecule has 0 saturated carbocycles. The maximum Gasteiger partial charge on any atom is 0.407 e. The molecule has 2 aromatic rings. The van der Waals surface area contributed by atoms with E-state index in [1.54, 1.807) is 0 Å². The van der Waals surface area contributed by atoms with E-state index in [4.69, 9.17) is 5.11 Å². The molecule has 1 saturated heterocycles. The van der Waals surface area contributed by atoms with Gasteiger partial charge in [-0.2, -0.15) is 0 Å². The largest absolute Gasteiger partial charge is 0.465 e. The van der Waals surface area contributed by atoms with E-state index >= 15 is 0 Å². The molecule has 1 aromatic heterocycles. The number of hydrogen-bond acceptors (Lipinski definition) is 3. The van der Waals surface area contributed by atoms with Gasteiger partial charge in [0.2, 0.25) is 0 Å². The summed E-state index contributed by atoms with van der Waals surface area (Å²) < 4.78 is 0. The molecule has 0 spiro atoms. The van der Waals surface area contributed by atoms with Crippen LogP contribution in [-0.4, -0.2) is 40.2 Å². The smallest absolute Gasteiger partial charge is 0.407 e. The fourth-order valence-corrected chi connectivity index (χ4v) is 2.65. The van der Waals surface area contributed by atoms with E-state index in [-0.39, 0.29) is 6.04 Å². The average molecular weight is 271 g/mol. The summed E-state index contributed by atoms with van der Waals surface area (Å²) in [7, 11) is 0. The van der Waals surface area contributed by atoms with Gasteiger partial charge in [-0.1, -0.05) is 6.07 Å². The second-order valence-corrected chi connectivity index (χ2v) is 5.24. The van der Waals surface area contributed by atoms with Crippen LogP contribution >= 0.6 is 0 Å². The number of aromatic nitrogens is 1. The van der Waals surface area contributed by atoms with Gasteiger partial charge in [-0.25, -0.2) is 4.79 Å². The van der Waals surface area contributed by atoms with E-state index in [2.05, 4.69) is 16.4 Å². The third-order valence-corrected chi connectivity index (χ3v) is 3.68. The number of likely N-dealkylation sites (tertiary alicyclic amines) is 1. The van der Waals surface area contributed by atoms with Crippen molar-refractivity contribution in [2.24, 2.45) is 0 Å². The summed E-state index contributed by atoms with van der Waals surface area (Å²) in [6.07, 6.45) is 1.85. The van der Waals surface area contributed by atoms with Crippen molar-refractivity contribution in [1.29, 1.82) is 0 Å². The summed E-state index contributed by atoms with van der Waals surface area (Å²) in [4.78, 5) is 16.8. The Hall–Kier alpha value is -2.30. The lowest BCUT2D eigenvalue weighted by Crippen LogP contribution is -2.30. The second kappa shape index (κ2) is 5.00. The minimum Gasteiger partial charge on any atom is -0.465 e. The third kappa shape index (κ3) is 2.39. The second-order valence-electron chi connectivity index (χ2n) is 5.24. The predicted octanol–water partition coefficient (Wildman–Crippen LogP) is 2.71. The molecule has 1 fully saturated rings. The monoisotopic (exact) mass is 271 g/mol. The lowest BCUT2D eigenvalue weighted by atomic mass is 10.1. The van der Waals surface area contributed by atoms with Gasteiger partial charge in [0.1, 0.15) is 0 Å². The molecule has 5 nitrogen and oxygen atoms in total. The molecule has 0 bridgehead atoms. The Labute approximate surface area is 117 Å². The number of rotatable bonds is 2. The topological polar surface area (TPSA) is 65.5 Å². The number of nitrogens with zero attached hydrogens (tertiary/aromatic N) is 2. The highest BCUT2D eigenvalue weighted by atomic mass is 16.4. The summed E-state index contributed by atoms with van der Waals surface area (Å²) >= 11 is 0. The molecular weight excluding hydrogens is 254 g/mol. The summed E-state index contributed by atoms with van der Waals surface area (Å²) in [6.45, 7) is 3.14. The number of hydrogen-bond donors (Lipinski definition) is 2. The van der Waals surface area contributed by atoms with Gasteiger partial charge in [0.15, 0.2) is 0 Å². The SMILES string of the molecule is Cc1cnc2cccc(N[C@@H]3CCN(C(=O)O)C3)c2c1. The van der Waals surface area contributed by atoms with Crippen molar-refractivity contribution in [3.63, 3.8) is 0 Å². The van der Waals surface area contributed by atoms with Gasteiger partial charge in [-0.15, -0.1) is 0 Å². The molecule has 0 radical (unpaired) electrons. The van der Waals surface area contributed by atoms with Crippen molar-refractivity contribution in [2.75, 3.05) is 18.4 Å². The summed E-state index contributed by atoms with van der Waals surface area (Å²) in [5.74, 6) is 0. The minimum absolute atomic E-state index is 0.164. The van der Waals surface area contributed by atoms with Gasteiger partial charge in [-0.3, -0.25) is 4.98 Å². The molecule has 1 aromatic carbocycles. The van der Waals surface area contributed by atoms with E-state index in [0.717, 1.165) is 28.6 Å². The van der Waals surface area contributed by atoms with Crippen LogP contribution in [0.15, 0.2) is 30.5 Å². The van der Waals surface area contributed by atoms with E-state index in [1.807, 2.05) is 31.3 Å². The Morgan fingerprint density at radius 1 is 1.50 bits per heavy atom. The Morgan fingerprint density at radius 3 is 3.10 bits per heavy atom. The van der Waals surface area contributed by atoms with Crippen LogP contribution < -0.4 is 5.32 Å². The molecule has 0 aliphatic carbocycles. The molecule has 1 atom stereocenters. The number of nitrogens with one attached hydrogen (secondary N) is 1. The Bertz CT molecular complexity index is 657. The number of anilines is 1. The fraction of sp³-hybridized carbons (Fsp3) is 0.333. The average Bonchev–Trinajstić information content (AvgIpc) is 2.88. The Morgan fingerprint density at radius 2 is 2.35 bits per heavy atom. The van der Waals surface area contributed by atoms with Gasteiger partial charge in [0.25, 0.3) is 0 Å². The van der Waals surface area contributed by atoms with E-state index in [9.17, 15) is 4.79 Å². The molecule has 20 heavy (non-hydrogen) atoms. The third-order valence-electron chi connectivity index (χ3n) is 3.68. The summed E-state index contributed by atoms with van der Waals surface area (Å²) in [6, 6.07) is 8.24. The van der Waals surface area contributed by atoms with Crippen LogP contribution in [0.4, 0.5) is 10.5 Å². The number of pyridine rings is 1. The molecule has 1 aliphatic rings. The van der Waals surface area contributed by atoms with Crippen LogP contribution in [0, 0.1) is 6.92 Å². The number of carbonyl (C=O) groups is 1. The summed E-state index contributed by atoms with van der Waals surface area (Å²) in [5.41, 5.74) is 3.09. The van der Waals surface area contributed by atoms with E-state index < -0.39 is 6.09 Å². The zero-order valence-corrected chi connectivity index (χ0v) is 11.3. The first-order valence-corrected chi connectivity index (χ1v) is 6.73. The molecule has 104 valence electrons. The number of benzene rings is 1. The number of amides is 1. The van der Waals surface area contributed by atoms with Crippen molar-refractivity contribution in [1.82, 2.24) is 9.88 Å². The molecule has 3 rings (SSSR count). The van der Waals surface area contributed by atoms with Gasteiger partial charge < -0.3 is 15.3 Å². The van der Waals surface area contributed by atoms with Gasteiger partial charge in [-0.05, 0) is 37.1 Å². The normalized spacial score (nSPS) is 18.4. The van der Waals surface area contributed by atoms with Crippen LogP contribution in [0.5, 0.6) is 0 Å². The number of carboxylic acid groups (broad SMARTS) is 1. The number of fused-ring (bicyclic) bond motifs is 1. The zero-order chi connectivity index (χ0) is 14.1. The minimum atomic E-state index is -0.843. The van der Waals surface area contributed by atoms with Crippen molar-refractivity contribution < 1.29 is 9.90 Å². The molecule has 0 unspecified atom stereocenters. The maximum atomic E-state index is 10.9. The predicted molar refractivity (Wildman–Crippen MR) is 78.1 cm³/mol. The quantitative estimate of drug-likeness (QED) is 0.881. The zero-order valence-electron chi connectivity index (χ0n) is 11.3. The molecule has 1 amide bonds. The van der Waals surface area contributed by atoms with Crippen molar-refractivity contribution in [3.8, 4) is 0 Å². The van der Waals surface area contributed by atoms with Crippen molar-refractivity contribution in [2.45, 2.75) is 19.4 Å². The lowest BCUT2D eigenvalue weighted by Gasteiger charge is -2.16. The molecule has 1 aliphatic heterocycles. The van der Waals surface area contributed by atoms with Gasteiger partial charge in [0, 0.05) is 36.4 Å². The van der Waals surface area contributed by atoms with Crippen LogP contribution in [-0.2, 0) is 0 Å². The first kappa shape index (κ1) is 12.7. The molecule has 5 heteroatoms. The molecule has 2 N–H and O–H groups in total. The highest BCUT2D eigenvalue weighted by molar-refractivity contribution is 5.91. The lowest BCUT2D eigenvalue weighted by molar-refractivity contribution is 0.155. The first-order chi connectivity index (χ1) is 9.63. The maximum absolute atomic E-state index is 10.9. The Kier molecular flexibility index (Phi) is 3.18. The van der Waals surface area contributed by atoms with E-state index in [1.165, 1.54) is 4.90 Å². The van der Waals surface area contributed by atoms with Gasteiger partial charge in [0.05, 0.1) is 5.52 Å². The van der Waals surface area contributed by atoms with Crippen molar-refractivity contribution in [3.05, 3.63) is 36.0 Å². The van der Waals surface area contributed by atoms with E-state index in [0.29, 0.717) is 13.1 Å². The molecular formula is C15H17N3O2. The van der Waals surface area contributed by atoms with Crippen LogP contribution in [0.3, 0.4) is 0 Å². The van der Waals surface area contributed by atoms with Crippen LogP contribution in [0.1, 0.15) is 12.0 Å². The highest BCUT2D eigenvalue weighted by Crippen LogP contribution is 2.25. The standard InChI is InChI=1S/C15H17N3O2/c1-10-7-12-13(16-8-10)3-2-4-14(12)17-11-5-6-18(9-11)15(19)20/h2-4,7-8,11,17H,5-6,9H2,1H3,(H,19,20)/t11-/m1/s1. The fourth-order valence-electron chi connectivity index (χ4n) is 2.65.